The molecule has 2 aromatic heterocycles. The first kappa shape index (κ1) is 13.0. The molecule has 0 aliphatic carbocycles. The van der Waals surface area contributed by atoms with Crippen LogP contribution >= 0.6 is 11.8 Å². The Labute approximate surface area is 110 Å². The van der Waals surface area contributed by atoms with E-state index in [4.69, 9.17) is 4.42 Å². The summed E-state index contributed by atoms with van der Waals surface area (Å²) in [5.41, 5.74) is 1.14. The van der Waals surface area contributed by atoms with Gasteiger partial charge in [0.25, 0.3) is 5.22 Å². The van der Waals surface area contributed by atoms with Crippen LogP contribution in [0.5, 0.6) is 0 Å². The molecular formula is C12H16N4OS. The average Bonchev–Trinajstić information content (AvgIpc) is 2.76. The number of nitrogens with one attached hydrogen (secondary N) is 1. The molecule has 0 aliphatic heterocycles. The number of pyridine rings is 1. The fourth-order valence-electron chi connectivity index (χ4n) is 1.64. The second kappa shape index (κ2) is 5.97. The van der Waals surface area contributed by atoms with Crippen LogP contribution in [-0.2, 0) is 0 Å². The molecule has 0 radical (unpaired) electrons. The lowest BCUT2D eigenvalue weighted by Gasteiger charge is -2.14. The van der Waals surface area contributed by atoms with Crippen LogP contribution in [0.15, 0.2) is 33.0 Å². The van der Waals surface area contributed by atoms with Gasteiger partial charge in [0, 0.05) is 24.7 Å². The number of aryl methyl sites for hydroxylation is 1. The van der Waals surface area contributed by atoms with E-state index in [1.54, 1.807) is 13.1 Å². The Morgan fingerprint density at radius 3 is 2.94 bits per heavy atom. The van der Waals surface area contributed by atoms with Crippen LogP contribution in [0.25, 0.3) is 0 Å². The van der Waals surface area contributed by atoms with Crippen molar-refractivity contribution >= 4 is 11.8 Å². The molecule has 1 atom stereocenters. The van der Waals surface area contributed by atoms with E-state index in [2.05, 4.69) is 40.4 Å². The molecular weight excluding hydrogens is 248 g/mol. The van der Waals surface area contributed by atoms with Crippen molar-refractivity contribution < 1.29 is 4.42 Å². The number of hydrogen-bond acceptors (Lipinski definition) is 6. The van der Waals surface area contributed by atoms with E-state index >= 15 is 0 Å². The highest BCUT2D eigenvalue weighted by molar-refractivity contribution is 7.99. The number of rotatable bonds is 5. The Morgan fingerprint density at radius 2 is 2.28 bits per heavy atom. The van der Waals surface area contributed by atoms with Gasteiger partial charge in [-0.05, 0) is 31.3 Å². The molecule has 1 unspecified atom stereocenters. The van der Waals surface area contributed by atoms with Gasteiger partial charge in [-0.3, -0.25) is 0 Å². The zero-order valence-corrected chi connectivity index (χ0v) is 11.5. The van der Waals surface area contributed by atoms with Gasteiger partial charge in [-0.1, -0.05) is 13.0 Å². The minimum Gasteiger partial charge on any atom is -0.416 e. The zero-order chi connectivity index (χ0) is 13.0. The first-order valence-corrected chi connectivity index (χ1v) is 6.68. The minimum absolute atomic E-state index is 0.246. The molecule has 5 nitrogen and oxygen atoms in total. The van der Waals surface area contributed by atoms with Crippen LogP contribution < -0.4 is 5.32 Å². The van der Waals surface area contributed by atoms with Crippen molar-refractivity contribution in [3.8, 4) is 0 Å². The van der Waals surface area contributed by atoms with Gasteiger partial charge in [0.05, 0.1) is 0 Å². The Hall–Kier alpha value is -1.40. The minimum atomic E-state index is 0.246. The van der Waals surface area contributed by atoms with Crippen LogP contribution in [-0.4, -0.2) is 21.7 Å². The molecule has 6 heteroatoms. The van der Waals surface area contributed by atoms with Crippen molar-refractivity contribution in [1.82, 2.24) is 20.5 Å². The summed E-state index contributed by atoms with van der Waals surface area (Å²) in [4.78, 5) is 4.38. The molecule has 18 heavy (non-hydrogen) atoms. The van der Waals surface area contributed by atoms with Crippen LogP contribution in [0.4, 0.5) is 0 Å². The molecule has 2 rings (SSSR count). The van der Waals surface area contributed by atoms with Crippen molar-refractivity contribution in [3.63, 3.8) is 0 Å². The molecule has 0 aromatic carbocycles. The maximum atomic E-state index is 5.36. The van der Waals surface area contributed by atoms with Gasteiger partial charge < -0.3 is 9.73 Å². The average molecular weight is 264 g/mol. The summed E-state index contributed by atoms with van der Waals surface area (Å²) in [6, 6.07) is 4.24. The topological polar surface area (TPSA) is 63.8 Å². The predicted molar refractivity (Wildman–Crippen MR) is 69.5 cm³/mol. The molecule has 2 heterocycles. The molecule has 0 aliphatic rings. The lowest BCUT2D eigenvalue weighted by molar-refractivity contribution is 0.429. The van der Waals surface area contributed by atoms with Gasteiger partial charge in [0.15, 0.2) is 0 Å². The van der Waals surface area contributed by atoms with E-state index in [0.29, 0.717) is 11.1 Å². The zero-order valence-electron chi connectivity index (χ0n) is 10.7. The number of nitrogens with zero attached hydrogens (tertiary/aromatic N) is 3. The van der Waals surface area contributed by atoms with E-state index in [-0.39, 0.29) is 6.04 Å². The summed E-state index contributed by atoms with van der Waals surface area (Å²) >= 11 is 1.40. The van der Waals surface area contributed by atoms with Crippen LogP contribution in [0.3, 0.4) is 0 Å². The van der Waals surface area contributed by atoms with Crippen molar-refractivity contribution in [2.24, 2.45) is 0 Å². The fourth-order valence-corrected chi connectivity index (χ4v) is 2.52. The highest BCUT2D eigenvalue weighted by Crippen LogP contribution is 2.30. The summed E-state index contributed by atoms with van der Waals surface area (Å²) in [7, 11) is 0. The number of hydrogen-bond donors (Lipinski definition) is 1. The Bertz CT molecular complexity index is 514. The first-order chi connectivity index (χ1) is 8.70. The molecule has 2 aromatic rings. The van der Waals surface area contributed by atoms with E-state index < -0.39 is 0 Å². The standard InChI is InChI=1S/C12H16N4OS/c1-4-13-8(2)10-6-5-7-14-11(10)18-12-16-15-9(3)17-12/h5-8,13H,4H2,1-3H3. The Balaban J connectivity index is 2.22. The fraction of sp³-hybridized carbons (Fsp3) is 0.417. The summed E-state index contributed by atoms with van der Waals surface area (Å²) in [5, 5.41) is 12.6. The molecule has 0 bridgehead atoms. The third kappa shape index (κ3) is 3.08. The lowest BCUT2D eigenvalue weighted by Crippen LogP contribution is -2.18. The number of aromatic nitrogens is 3. The van der Waals surface area contributed by atoms with Crippen molar-refractivity contribution in [1.29, 1.82) is 0 Å². The predicted octanol–water partition coefficient (Wildman–Crippen LogP) is 2.59. The summed E-state index contributed by atoms with van der Waals surface area (Å²) in [5.74, 6) is 0.565. The Morgan fingerprint density at radius 1 is 1.44 bits per heavy atom. The normalized spacial score (nSPS) is 12.6. The molecule has 0 saturated carbocycles. The smallest absolute Gasteiger partial charge is 0.282 e. The summed E-state index contributed by atoms with van der Waals surface area (Å²) in [6.45, 7) is 6.89. The van der Waals surface area contributed by atoms with Crippen LogP contribution in [0, 0.1) is 6.92 Å². The monoisotopic (exact) mass is 264 g/mol. The molecule has 1 N–H and O–H groups in total. The van der Waals surface area contributed by atoms with Crippen molar-refractivity contribution in [3.05, 3.63) is 29.8 Å². The van der Waals surface area contributed by atoms with E-state index in [9.17, 15) is 0 Å². The SMILES string of the molecule is CCNC(C)c1cccnc1Sc1nnc(C)o1. The summed E-state index contributed by atoms with van der Waals surface area (Å²) in [6.07, 6.45) is 1.77. The van der Waals surface area contributed by atoms with Crippen molar-refractivity contribution in [2.45, 2.75) is 37.1 Å². The second-order valence-corrected chi connectivity index (χ2v) is 4.81. The summed E-state index contributed by atoms with van der Waals surface area (Å²) < 4.78 is 5.36. The van der Waals surface area contributed by atoms with Gasteiger partial charge >= 0.3 is 0 Å². The molecule has 0 amide bonds. The van der Waals surface area contributed by atoms with Gasteiger partial charge in [0.2, 0.25) is 5.89 Å². The third-order valence-corrected chi connectivity index (χ3v) is 3.34. The second-order valence-electron chi connectivity index (χ2n) is 3.87. The van der Waals surface area contributed by atoms with Crippen LogP contribution in [0.2, 0.25) is 0 Å². The lowest BCUT2D eigenvalue weighted by atomic mass is 10.1. The first-order valence-electron chi connectivity index (χ1n) is 5.87. The highest BCUT2D eigenvalue weighted by Gasteiger charge is 2.14. The van der Waals surface area contributed by atoms with Gasteiger partial charge in [-0.15, -0.1) is 10.2 Å². The maximum absolute atomic E-state index is 5.36. The Kier molecular flexibility index (Phi) is 4.33. The maximum Gasteiger partial charge on any atom is 0.282 e. The van der Waals surface area contributed by atoms with Gasteiger partial charge in [0.1, 0.15) is 5.03 Å². The van der Waals surface area contributed by atoms with E-state index in [1.165, 1.54) is 11.8 Å². The molecule has 0 saturated heterocycles. The van der Waals surface area contributed by atoms with Gasteiger partial charge in [-0.25, -0.2) is 4.98 Å². The highest BCUT2D eigenvalue weighted by atomic mass is 32.2. The van der Waals surface area contributed by atoms with E-state index in [0.717, 1.165) is 17.1 Å². The molecule has 0 fully saturated rings. The van der Waals surface area contributed by atoms with E-state index in [1.807, 2.05) is 6.07 Å². The third-order valence-electron chi connectivity index (χ3n) is 2.47. The molecule has 0 spiro atoms. The van der Waals surface area contributed by atoms with Gasteiger partial charge in [-0.2, -0.15) is 0 Å². The van der Waals surface area contributed by atoms with Crippen molar-refractivity contribution in [2.75, 3.05) is 6.54 Å². The largest absolute Gasteiger partial charge is 0.416 e. The molecule has 96 valence electrons. The quantitative estimate of drug-likeness (QED) is 0.895. The van der Waals surface area contributed by atoms with Crippen LogP contribution in [0.1, 0.15) is 31.3 Å².